The highest BCUT2D eigenvalue weighted by Crippen LogP contribution is 2.20. The quantitative estimate of drug-likeness (QED) is 0.466. The highest BCUT2D eigenvalue weighted by molar-refractivity contribution is 5.96. The number of carbonyl (C=O) groups excluding carboxylic acids is 1. The topological polar surface area (TPSA) is 44.1 Å². The van der Waals surface area contributed by atoms with Crippen molar-refractivity contribution in [2.24, 2.45) is 0 Å². The van der Waals surface area contributed by atoms with Crippen molar-refractivity contribution in [3.63, 3.8) is 0 Å². The van der Waals surface area contributed by atoms with Crippen molar-refractivity contribution < 1.29 is 9.53 Å². The van der Waals surface area contributed by atoms with Crippen LogP contribution in [0.25, 0.3) is 11.0 Å². The summed E-state index contributed by atoms with van der Waals surface area (Å²) < 4.78 is 7.88. The lowest BCUT2D eigenvalue weighted by Crippen LogP contribution is -2.14. The first kappa shape index (κ1) is 17.0. The molecule has 1 aromatic heterocycles. The van der Waals surface area contributed by atoms with E-state index in [4.69, 9.17) is 4.74 Å². The van der Waals surface area contributed by atoms with Crippen molar-refractivity contribution in [2.75, 3.05) is 0 Å². The number of Topliss-reactive ketones (excluding diaryl/α,β-unsaturated/α-hetero) is 1. The van der Waals surface area contributed by atoms with Crippen molar-refractivity contribution in [3.8, 4) is 5.75 Å². The Labute approximate surface area is 158 Å². The van der Waals surface area contributed by atoms with Crippen LogP contribution in [0, 0.1) is 6.92 Å². The summed E-state index contributed by atoms with van der Waals surface area (Å²) in [5, 5.41) is 0. The van der Waals surface area contributed by atoms with Gasteiger partial charge in [-0.3, -0.25) is 4.79 Å². The number of hydrogen-bond donors (Lipinski definition) is 0. The molecule has 4 rings (SSSR count). The molecule has 0 saturated carbocycles. The van der Waals surface area contributed by atoms with Crippen LogP contribution in [0.4, 0.5) is 0 Å². The van der Waals surface area contributed by atoms with Gasteiger partial charge in [0.2, 0.25) is 0 Å². The average Bonchev–Trinajstić information content (AvgIpc) is 3.05. The number of carbonyl (C=O) groups is 1. The molecular weight excluding hydrogens is 336 g/mol. The molecule has 27 heavy (non-hydrogen) atoms. The summed E-state index contributed by atoms with van der Waals surface area (Å²) in [5.74, 6) is 1.58. The molecule has 0 fully saturated rings. The van der Waals surface area contributed by atoms with Crippen LogP contribution < -0.4 is 4.74 Å². The second-order valence-electron chi connectivity index (χ2n) is 6.50. The normalized spacial score (nSPS) is 10.9. The predicted octanol–water partition coefficient (Wildman–Crippen LogP) is 4.81. The van der Waals surface area contributed by atoms with Crippen molar-refractivity contribution in [3.05, 3.63) is 95.8 Å². The van der Waals surface area contributed by atoms with Crippen molar-refractivity contribution in [1.29, 1.82) is 0 Å². The second-order valence-corrected chi connectivity index (χ2v) is 6.50. The zero-order valence-corrected chi connectivity index (χ0v) is 15.1. The Morgan fingerprint density at radius 3 is 2.56 bits per heavy atom. The highest BCUT2D eigenvalue weighted by Gasteiger charge is 2.15. The van der Waals surface area contributed by atoms with Crippen LogP contribution in [-0.4, -0.2) is 15.3 Å². The molecule has 0 amide bonds. The van der Waals surface area contributed by atoms with Crippen LogP contribution in [-0.2, 0) is 13.2 Å². The van der Waals surface area contributed by atoms with Crippen LogP contribution in [0.5, 0.6) is 5.75 Å². The number of hydrogen-bond acceptors (Lipinski definition) is 3. The maximum Gasteiger partial charge on any atom is 0.182 e. The molecule has 0 bridgehead atoms. The van der Waals surface area contributed by atoms with Crippen LogP contribution in [0.3, 0.4) is 0 Å². The van der Waals surface area contributed by atoms with E-state index in [1.54, 1.807) is 0 Å². The monoisotopic (exact) mass is 356 g/mol. The van der Waals surface area contributed by atoms with E-state index in [0.717, 1.165) is 28.2 Å². The van der Waals surface area contributed by atoms with E-state index in [0.29, 0.717) is 12.2 Å². The molecule has 0 saturated heterocycles. The fourth-order valence-electron chi connectivity index (χ4n) is 3.12. The second kappa shape index (κ2) is 7.46. The van der Waals surface area contributed by atoms with Gasteiger partial charge in [0.05, 0.1) is 17.6 Å². The SMILES string of the molecule is Cc1cccc(OCc2nc3ccccc3n2CC(=O)c2ccccc2)c1. The van der Waals surface area contributed by atoms with Gasteiger partial charge in [-0.15, -0.1) is 0 Å². The van der Waals surface area contributed by atoms with Crippen molar-refractivity contribution in [1.82, 2.24) is 9.55 Å². The third-order valence-electron chi connectivity index (χ3n) is 4.49. The fourth-order valence-corrected chi connectivity index (χ4v) is 3.12. The minimum Gasteiger partial charge on any atom is -0.486 e. The predicted molar refractivity (Wildman–Crippen MR) is 106 cm³/mol. The number of rotatable bonds is 6. The highest BCUT2D eigenvalue weighted by atomic mass is 16.5. The Bertz CT molecular complexity index is 1080. The lowest BCUT2D eigenvalue weighted by molar-refractivity contribution is 0.0971. The van der Waals surface area contributed by atoms with E-state index >= 15 is 0 Å². The summed E-state index contributed by atoms with van der Waals surface area (Å²) in [6, 6.07) is 25.1. The minimum atomic E-state index is 0.0514. The standard InChI is InChI=1S/C23H20N2O2/c1-17-8-7-11-19(14-17)27-16-23-24-20-12-5-6-13-21(20)25(23)15-22(26)18-9-3-2-4-10-18/h2-14H,15-16H2,1H3. The van der Waals surface area contributed by atoms with Crippen molar-refractivity contribution >= 4 is 16.8 Å². The van der Waals surface area contributed by atoms with Crippen LogP contribution in [0.2, 0.25) is 0 Å². The number of ether oxygens (including phenoxy) is 1. The van der Waals surface area contributed by atoms with Gasteiger partial charge in [-0.25, -0.2) is 4.98 Å². The smallest absolute Gasteiger partial charge is 0.182 e. The molecule has 0 spiro atoms. The molecule has 134 valence electrons. The maximum atomic E-state index is 12.7. The van der Waals surface area contributed by atoms with E-state index in [1.165, 1.54) is 0 Å². The molecule has 0 atom stereocenters. The number of imidazole rings is 1. The largest absolute Gasteiger partial charge is 0.486 e. The van der Waals surface area contributed by atoms with Gasteiger partial charge in [-0.1, -0.05) is 54.6 Å². The number of nitrogens with zero attached hydrogens (tertiary/aromatic N) is 2. The van der Waals surface area contributed by atoms with Crippen LogP contribution >= 0.6 is 0 Å². The van der Waals surface area contributed by atoms with Crippen molar-refractivity contribution in [2.45, 2.75) is 20.1 Å². The number of benzene rings is 3. The van der Waals surface area contributed by atoms with E-state index in [2.05, 4.69) is 4.98 Å². The van der Waals surface area contributed by atoms with Gasteiger partial charge < -0.3 is 9.30 Å². The molecule has 0 unspecified atom stereocenters. The lowest BCUT2D eigenvalue weighted by Gasteiger charge is -2.10. The van der Waals surface area contributed by atoms with E-state index < -0.39 is 0 Å². The van der Waals surface area contributed by atoms with E-state index in [-0.39, 0.29) is 12.3 Å². The molecule has 0 aliphatic carbocycles. The molecule has 4 heteroatoms. The molecular formula is C23H20N2O2. The summed E-state index contributed by atoms with van der Waals surface area (Å²) >= 11 is 0. The molecule has 3 aromatic carbocycles. The molecule has 0 aliphatic rings. The molecule has 4 aromatic rings. The summed E-state index contributed by atoms with van der Waals surface area (Å²) in [5.41, 5.74) is 3.63. The number of fused-ring (bicyclic) bond motifs is 1. The molecule has 4 nitrogen and oxygen atoms in total. The first-order valence-corrected chi connectivity index (χ1v) is 8.92. The summed E-state index contributed by atoms with van der Waals surface area (Å²) in [6.07, 6.45) is 0. The van der Waals surface area contributed by atoms with Gasteiger partial charge >= 0.3 is 0 Å². The van der Waals surface area contributed by atoms with E-state index in [9.17, 15) is 4.79 Å². The third kappa shape index (κ3) is 3.75. The number of aryl methyl sites for hydroxylation is 1. The van der Waals surface area contributed by atoms with Gasteiger partial charge in [0.25, 0.3) is 0 Å². The first-order chi connectivity index (χ1) is 13.2. The maximum absolute atomic E-state index is 12.7. The lowest BCUT2D eigenvalue weighted by atomic mass is 10.1. The van der Waals surface area contributed by atoms with Gasteiger partial charge in [0.1, 0.15) is 18.2 Å². The molecule has 0 N–H and O–H groups in total. The van der Waals surface area contributed by atoms with Gasteiger partial charge in [0.15, 0.2) is 5.78 Å². The zero-order chi connectivity index (χ0) is 18.6. The summed E-state index contributed by atoms with van der Waals surface area (Å²) in [6.45, 7) is 2.57. The van der Waals surface area contributed by atoms with E-state index in [1.807, 2.05) is 90.4 Å². The summed E-state index contributed by atoms with van der Waals surface area (Å²) in [7, 11) is 0. The molecule has 0 aliphatic heterocycles. The Morgan fingerprint density at radius 2 is 1.74 bits per heavy atom. The average molecular weight is 356 g/mol. The number of para-hydroxylation sites is 2. The Kier molecular flexibility index (Phi) is 4.71. The fraction of sp³-hybridized carbons (Fsp3) is 0.130. The Hall–Kier alpha value is -3.40. The number of aromatic nitrogens is 2. The third-order valence-corrected chi connectivity index (χ3v) is 4.49. The molecule has 1 heterocycles. The van der Waals surface area contributed by atoms with Gasteiger partial charge in [0, 0.05) is 5.56 Å². The van der Waals surface area contributed by atoms with Crippen LogP contribution in [0.1, 0.15) is 21.7 Å². The number of ketones is 1. The van der Waals surface area contributed by atoms with Gasteiger partial charge in [-0.05, 0) is 36.8 Å². The Balaban J connectivity index is 1.64. The molecule has 0 radical (unpaired) electrons. The summed E-state index contributed by atoms with van der Waals surface area (Å²) in [4.78, 5) is 17.4. The van der Waals surface area contributed by atoms with Crippen LogP contribution in [0.15, 0.2) is 78.9 Å². The first-order valence-electron chi connectivity index (χ1n) is 8.92. The zero-order valence-electron chi connectivity index (χ0n) is 15.1. The minimum absolute atomic E-state index is 0.0514. The Morgan fingerprint density at radius 1 is 0.963 bits per heavy atom. The van der Waals surface area contributed by atoms with Gasteiger partial charge in [-0.2, -0.15) is 0 Å².